The van der Waals surface area contributed by atoms with Crippen molar-refractivity contribution < 1.29 is 22.7 Å². The molecule has 0 saturated carbocycles. The maximum Gasteiger partial charge on any atom is 0.416 e. The Morgan fingerprint density at radius 2 is 2.05 bits per heavy atom. The van der Waals surface area contributed by atoms with Crippen LogP contribution in [0.4, 0.5) is 29.5 Å². The summed E-state index contributed by atoms with van der Waals surface area (Å²) in [5.41, 5.74) is 1.60. The van der Waals surface area contributed by atoms with Crippen molar-refractivity contribution >= 4 is 17.5 Å². The first-order valence-corrected chi connectivity index (χ1v) is 14.5. The Hall–Kier alpha value is -4.37. The number of rotatable bonds is 5. The standard InChI is InChI=1S/C31H32F3N7O2/c1-2-43-28-23(4-3-12-37-28)25-7-6-24-27(39-25)41(29(42)38-22-9-13-36-18-22)19-30(24)10-14-40(15-11-30)26-8-5-21(31(32,33)34)16-20(26)17-35/h3-8,12,16,22,36H,2,9-11,13-15,18-19H2,1H3,(H,38,42)/t22-/m1/s1. The maximum absolute atomic E-state index is 13.7. The average Bonchev–Trinajstić information content (AvgIpc) is 3.63. The van der Waals surface area contributed by atoms with Crippen LogP contribution >= 0.6 is 0 Å². The zero-order chi connectivity index (χ0) is 30.2. The van der Waals surface area contributed by atoms with Gasteiger partial charge in [-0.1, -0.05) is 6.07 Å². The zero-order valence-corrected chi connectivity index (χ0v) is 23.7. The summed E-state index contributed by atoms with van der Waals surface area (Å²) in [4.78, 5) is 26.7. The Morgan fingerprint density at radius 3 is 2.74 bits per heavy atom. The molecule has 2 amide bonds. The smallest absolute Gasteiger partial charge is 0.416 e. The van der Waals surface area contributed by atoms with Crippen LogP contribution in [0.3, 0.4) is 0 Å². The highest BCUT2D eigenvalue weighted by molar-refractivity contribution is 5.94. The Balaban J connectivity index is 1.31. The van der Waals surface area contributed by atoms with Crippen LogP contribution in [0, 0.1) is 11.3 Å². The number of hydrogen-bond acceptors (Lipinski definition) is 7. The molecule has 0 unspecified atom stereocenters. The van der Waals surface area contributed by atoms with E-state index in [1.54, 1.807) is 11.1 Å². The summed E-state index contributed by atoms with van der Waals surface area (Å²) in [6.45, 7) is 5.36. The number of fused-ring (bicyclic) bond motifs is 2. The first-order valence-electron chi connectivity index (χ1n) is 14.5. The van der Waals surface area contributed by atoms with Crippen molar-refractivity contribution in [1.82, 2.24) is 20.6 Å². The number of carbonyl (C=O) groups excluding carboxylic acids is 1. The molecule has 6 rings (SSSR count). The number of amides is 2. The number of halogens is 3. The fraction of sp³-hybridized carbons (Fsp3) is 0.419. The van der Waals surface area contributed by atoms with Gasteiger partial charge in [0, 0.05) is 49.4 Å². The molecule has 1 aromatic carbocycles. The SMILES string of the molecule is CCOc1ncccc1-c1ccc2c(n1)N(C(=O)N[C@@H]1CCNC1)CC21CCN(c2ccc(C(F)(F)F)cc2C#N)CC1. The van der Waals surface area contributed by atoms with E-state index in [2.05, 4.69) is 15.6 Å². The normalized spacial score (nSPS) is 19.3. The van der Waals surface area contributed by atoms with Crippen molar-refractivity contribution in [1.29, 1.82) is 5.26 Å². The van der Waals surface area contributed by atoms with Crippen LogP contribution in [-0.4, -0.2) is 61.4 Å². The number of nitriles is 1. The van der Waals surface area contributed by atoms with Gasteiger partial charge in [0.05, 0.1) is 34.7 Å². The fourth-order valence-electron chi connectivity index (χ4n) is 6.40. The van der Waals surface area contributed by atoms with E-state index in [1.807, 2.05) is 42.2 Å². The molecule has 43 heavy (non-hydrogen) atoms. The molecular formula is C31H32F3N7O2. The summed E-state index contributed by atoms with van der Waals surface area (Å²) in [7, 11) is 0. The highest BCUT2D eigenvalue weighted by Crippen LogP contribution is 2.48. The first-order chi connectivity index (χ1) is 20.7. The Kier molecular flexibility index (Phi) is 7.60. The van der Waals surface area contributed by atoms with Crippen LogP contribution in [0.2, 0.25) is 0 Å². The number of nitrogens with zero attached hydrogens (tertiary/aromatic N) is 5. The van der Waals surface area contributed by atoms with Gasteiger partial charge in [0.25, 0.3) is 0 Å². The van der Waals surface area contributed by atoms with E-state index in [9.17, 15) is 23.2 Å². The number of benzene rings is 1. The molecule has 0 bridgehead atoms. The van der Waals surface area contributed by atoms with Gasteiger partial charge in [0.2, 0.25) is 5.88 Å². The molecule has 0 aliphatic carbocycles. The van der Waals surface area contributed by atoms with E-state index in [-0.39, 0.29) is 23.1 Å². The largest absolute Gasteiger partial charge is 0.477 e. The minimum Gasteiger partial charge on any atom is -0.477 e. The van der Waals surface area contributed by atoms with Crippen LogP contribution in [0.25, 0.3) is 11.3 Å². The van der Waals surface area contributed by atoms with Gasteiger partial charge in [0.15, 0.2) is 0 Å². The van der Waals surface area contributed by atoms with Crippen molar-refractivity contribution in [3.05, 3.63) is 65.4 Å². The van der Waals surface area contributed by atoms with E-state index in [1.165, 1.54) is 6.07 Å². The minimum atomic E-state index is -4.52. The van der Waals surface area contributed by atoms with Gasteiger partial charge in [-0.05, 0) is 69.1 Å². The third-order valence-electron chi connectivity index (χ3n) is 8.63. The molecule has 2 fully saturated rings. The topological polar surface area (TPSA) is 106 Å². The lowest BCUT2D eigenvalue weighted by Crippen LogP contribution is -2.50. The number of aromatic nitrogens is 2. The summed E-state index contributed by atoms with van der Waals surface area (Å²) in [6, 6.07) is 12.8. The lowest BCUT2D eigenvalue weighted by Gasteiger charge is -2.41. The maximum atomic E-state index is 13.7. The number of pyridine rings is 2. The first kappa shape index (κ1) is 28.7. The van der Waals surface area contributed by atoms with Gasteiger partial charge < -0.3 is 20.3 Å². The zero-order valence-electron chi connectivity index (χ0n) is 23.7. The molecule has 224 valence electrons. The van der Waals surface area contributed by atoms with Crippen LogP contribution in [0.5, 0.6) is 5.88 Å². The Labute approximate surface area is 247 Å². The van der Waals surface area contributed by atoms with Crippen LogP contribution < -0.4 is 25.2 Å². The molecule has 2 saturated heterocycles. The van der Waals surface area contributed by atoms with Crippen LogP contribution in [0.15, 0.2) is 48.7 Å². The fourth-order valence-corrected chi connectivity index (χ4v) is 6.40. The number of piperidine rings is 1. The van der Waals surface area contributed by atoms with E-state index in [0.29, 0.717) is 68.7 Å². The highest BCUT2D eigenvalue weighted by atomic mass is 19.4. The predicted molar refractivity (Wildman–Crippen MR) is 155 cm³/mol. The van der Waals surface area contributed by atoms with Crippen molar-refractivity contribution in [3.8, 4) is 23.2 Å². The lowest BCUT2D eigenvalue weighted by atomic mass is 9.74. The van der Waals surface area contributed by atoms with Gasteiger partial charge >= 0.3 is 12.2 Å². The number of urea groups is 1. The second kappa shape index (κ2) is 11.4. The molecular weight excluding hydrogens is 559 g/mol. The third-order valence-corrected chi connectivity index (χ3v) is 8.63. The van der Waals surface area contributed by atoms with Crippen LogP contribution in [-0.2, 0) is 11.6 Å². The van der Waals surface area contributed by atoms with E-state index >= 15 is 0 Å². The summed E-state index contributed by atoms with van der Waals surface area (Å²) >= 11 is 0. The van der Waals surface area contributed by atoms with Crippen molar-refractivity contribution in [3.63, 3.8) is 0 Å². The molecule has 3 aliphatic heterocycles. The second-order valence-electron chi connectivity index (χ2n) is 11.2. The number of ether oxygens (including phenoxy) is 1. The van der Waals surface area contributed by atoms with Gasteiger partial charge in [-0.25, -0.2) is 14.8 Å². The Bertz CT molecular complexity index is 1560. The minimum absolute atomic E-state index is 0.00310. The molecule has 1 atom stereocenters. The molecule has 1 spiro atoms. The summed E-state index contributed by atoms with van der Waals surface area (Å²) < 4.78 is 45.5. The quantitative estimate of drug-likeness (QED) is 0.437. The molecule has 9 nitrogen and oxygen atoms in total. The molecule has 3 aromatic rings. The molecule has 5 heterocycles. The molecule has 2 aromatic heterocycles. The highest BCUT2D eigenvalue weighted by Gasteiger charge is 2.48. The molecule has 0 radical (unpaired) electrons. The Morgan fingerprint density at radius 1 is 1.23 bits per heavy atom. The monoisotopic (exact) mass is 591 g/mol. The number of alkyl halides is 3. The molecule has 3 aliphatic rings. The molecule has 2 N–H and O–H groups in total. The third kappa shape index (κ3) is 5.45. The number of anilines is 2. The summed E-state index contributed by atoms with van der Waals surface area (Å²) in [5.74, 6) is 1.06. The second-order valence-corrected chi connectivity index (χ2v) is 11.2. The van der Waals surface area contributed by atoms with E-state index in [0.717, 1.165) is 36.2 Å². The van der Waals surface area contributed by atoms with Crippen molar-refractivity contribution in [2.75, 3.05) is 49.1 Å². The average molecular weight is 592 g/mol. The predicted octanol–water partition coefficient (Wildman–Crippen LogP) is 4.86. The van der Waals surface area contributed by atoms with Crippen molar-refractivity contribution in [2.24, 2.45) is 0 Å². The van der Waals surface area contributed by atoms with Gasteiger partial charge in [0.1, 0.15) is 11.9 Å². The van der Waals surface area contributed by atoms with Crippen LogP contribution in [0.1, 0.15) is 42.9 Å². The number of hydrogen-bond donors (Lipinski definition) is 2. The number of carbonyl (C=O) groups is 1. The van der Waals surface area contributed by atoms with Crippen molar-refractivity contribution in [2.45, 2.75) is 43.8 Å². The summed E-state index contributed by atoms with van der Waals surface area (Å²) in [6.07, 6.45) is -0.735. The van der Waals surface area contributed by atoms with E-state index < -0.39 is 11.7 Å². The number of nitrogens with one attached hydrogen (secondary N) is 2. The van der Waals surface area contributed by atoms with Gasteiger partial charge in [-0.15, -0.1) is 0 Å². The van der Waals surface area contributed by atoms with E-state index in [4.69, 9.17) is 9.72 Å². The van der Waals surface area contributed by atoms with Gasteiger partial charge in [-0.2, -0.15) is 18.4 Å². The summed E-state index contributed by atoms with van der Waals surface area (Å²) in [5, 5.41) is 16.1. The van der Waals surface area contributed by atoms with Gasteiger partial charge in [-0.3, -0.25) is 4.90 Å². The molecule has 12 heteroatoms. The lowest BCUT2D eigenvalue weighted by molar-refractivity contribution is -0.137.